The SMILES string of the molecule is Cl[I]Br.[Ag]. The Kier molecular flexibility index (Phi) is 21.4. The summed E-state index contributed by atoms with van der Waals surface area (Å²) >= 11 is 2.90. The minimum Gasteiger partial charge on any atom is -0.0418 e. The van der Waals surface area contributed by atoms with E-state index < -0.39 is 0 Å². The van der Waals surface area contributed by atoms with Gasteiger partial charge in [-0.2, -0.15) is 0 Å². The van der Waals surface area contributed by atoms with Crippen LogP contribution >= 0.6 is 39.5 Å². The number of halogens is 3. The molecule has 0 fully saturated rings. The maximum Gasteiger partial charge on any atom is 0.0428 e. The van der Waals surface area contributed by atoms with E-state index in [0.717, 1.165) is 0 Å². The van der Waals surface area contributed by atoms with Crippen LogP contribution in [-0.4, -0.2) is 0 Å². The molecule has 0 atom stereocenters. The second-order valence-corrected chi connectivity index (χ2v) is 5.65. The van der Waals surface area contributed by atoms with Crippen LogP contribution < -0.4 is 0 Å². The fraction of sp³-hybridized carbons (Fsp3) is 0. The molecule has 0 nitrogen and oxygen atoms in total. The topological polar surface area (TPSA) is 0 Å². The zero-order chi connectivity index (χ0) is 2.71. The minimum absolute atomic E-state index is 0. The van der Waals surface area contributed by atoms with Gasteiger partial charge in [-0.1, -0.05) is 0 Å². The van der Waals surface area contributed by atoms with Crippen molar-refractivity contribution in [2.45, 2.75) is 0 Å². The van der Waals surface area contributed by atoms with Crippen molar-refractivity contribution in [2.24, 2.45) is 0 Å². The molecule has 0 heterocycles. The van der Waals surface area contributed by atoms with E-state index in [4.69, 9.17) is 8.91 Å². The zero-order valence-electron chi connectivity index (χ0n) is 1.44. The van der Waals surface area contributed by atoms with Gasteiger partial charge in [-0.25, -0.2) is 0 Å². The number of hydrogen-bond donors (Lipinski definition) is 0. The molecule has 0 aliphatic carbocycles. The number of hydrogen-bond acceptors (Lipinski definition) is 0. The van der Waals surface area contributed by atoms with E-state index in [1.807, 2.05) is 0 Å². The van der Waals surface area contributed by atoms with Gasteiger partial charge in [-0.05, 0) is 21.6 Å². The Bertz CT molecular complexity index is 8.00. The second kappa shape index (κ2) is 8.97. The average Bonchev–Trinajstić information content (AvgIpc) is 0.918. The summed E-state index contributed by atoms with van der Waals surface area (Å²) in [7, 11) is 5.03. The Morgan fingerprint density at radius 1 is 1.75 bits per heavy atom. The first-order chi connectivity index (χ1) is 1.41. The monoisotopic (exact) mass is 348 g/mol. The molecule has 0 amide bonds. The van der Waals surface area contributed by atoms with E-state index in [2.05, 4.69) is 12.7 Å². The molecule has 0 aliphatic rings. The van der Waals surface area contributed by atoms with Crippen LogP contribution in [0.15, 0.2) is 0 Å². The Morgan fingerprint density at radius 2 is 1.75 bits per heavy atom. The largest absolute Gasteiger partial charge is 0.0428 e. The van der Waals surface area contributed by atoms with Crippen molar-refractivity contribution in [3.05, 3.63) is 0 Å². The van der Waals surface area contributed by atoms with E-state index in [9.17, 15) is 0 Å². The van der Waals surface area contributed by atoms with Crippen LogP contribution in [0.3, 0.4) is 0 Å². The molecule has 2 radical (unpaired) electrons. The van der Waals surface area contributed by atoms with Gasteiger partial charge < -0.3 is 0 Å². The Labute approximate surface area is 60.9 Å². The van der Waals surface area contributed by atoms with Crippen LogP contribution in [0.5, 0.6) is 0 Å². The Balaban J connectivity index is 0. The molecule has 0 N–H and O–H groups in total. The zero-order valence-corrected chi connectivity index (χ0v) is 7.42. The minimum atomic E-state index is -0.125. The van der Waals surface area contributed by atoms with Crippen LogP contribution in [0, 0.1) is 0 Å². The van der Waals surface area contributed by atoms with E-state index in [0.29, 0.717) is 0 Å². The molecule has 0 unspecified atom stereocenters. The van der Waals surface area contributed by atoms with Crippen LogP contribution in [0.25, 0.3) is 0 Å². The van der Waals surface area contributed by atoms with Gasteiger partial charge in [0, 0.05) is 40.2 Å². The molecule has 0 aliphatic heterocycles. The van der Waals surface area contributed by atoms with Crippen LogP contribution in [0.4, 0.5) is 0 Å². The molecule has 0 saturated carbocycles. The summed E-state index contributed by atoms with van der Waals surface area (Å²) in [6, 6.07) is 0. The van der Waals surface area contributed by atoms with Gasteiger partial charge in [0.15, 0.2) is 0 Å². The normalized spacial score (nSPS) is 4.50. The molecule has 0 aromatic rings. The summed E-state index contributed by atoms with van der Waals surface area (Å²) in [5.74, 6) is 0. The van der Waals surface area contributed by atoms with Crippen molar-refractivity contribution < 1.29 is 22.4 Å². The summed E-state index contributed by atoms with van der Waals surface area (Å²) in [6.07, 6.45) is 0. The van der Waals surface area contributed by atoms with E-state index in [1.54, 1.807) is 0 Å². The third-order valence-electron chi connectivity index (χ3n) is 0. The third-order valence-corrected chi connectivity index (χ3v) is 0. The maximum atomic E-state index is 5.03. The van der Waals surface area contributed by atoms with Gasteiger partial charge in [0.05, 0.1) is 0 Å². The summed E-state index contributed by atoms with van der Waals surface area (Å²) in [6.45, 7) is 0. The van der Waals surface area contributed by atoms with Gasteiger partial charge in [0.2, 0.25) is 0 Å². The van der Waals surface area contributed by atoms with Crippen LogP contribution in [-0.2, 0) is 22.4 Å². The predicted molar refractivity (Wildman–Crippen MR) is 28.8 cm³/mol. The molecular weight excluding hydrogens is 350 g/mol. The first-order valence-electron chi connectivity index (χ1n) is 0.286. The molecule has 0 bridgehead atoms. The predicted octanol–water partition coefficient (Wildman–Crippen LogP) is 2.42. The smallest absolute Gasteiger partial charge is 0.0418 e. The third kappa shape index (κ3) is 8.87. The number of rotatable bonds is 0. The van der Waals surface area contributed by atoms with Gasteiger partial charge >= 0.3 is 0 Å². The summed E-state index contributed by atoms with van der Waals surface area (Å²) in [5, 5.41) is 0. The van der Waals surface area contributed by atoms with Crippen molar-refractivity contribution in [3.8, 4) is 0 Å². The standard InChI is InChI=1S/Ag.BrClI/c;1-3-2. The fourth-order valence-corrected chi connectivity index (χ4v) is 0. The van der Waals surface area contributed by atoms with Gasteiger partial charge in [-0.3, -0.25) is 0 Å². The molecule has 4 heavy (non-hydrogen) atoms. The molecular formula is AgBrClI. The van der Waals surface area contributed by atoms with Crippen LogP contribution in [0.1, 0.15) is 0 Å². The molecule has 0 aromatic heterocycles. The van der Waals surface area contributed by atoms with Crippen molar-refractivity contribution in [1.29, 1.82) is 0 Å². The quantitative estimate of drug-likeness (QED) is 0.465. The van der Waals surface area contributed by atoms with E-state index in [-0.39, 0.29) is 40.2 Å². The fourth-order valence-electron chi connectivity index (χ4n) is 0. The first-order valence-corrected chi connectivity index (χ1v) is 7.85. The van der Waals surface area contributed by atoms with E-state index in [1.165, 1.54) is 0 Å². The molecule has 4 heteroatoms. The summed E-state index contributed by atoms with van der Waals surface area (Å²) < 4.78 is 0. The Hall–Kier alpha value is 2.24. The second-order valence-electron chi connectivity index (χ2n) is 0.0540. The molecule has 32 valence electrons. The summed E-state index contributed by atoms with van der Waals surface area (Å²) in [4.78, 5) is 0. The molecule has 0 aromatic carbocycles. The average molecular weight is 350 g/mol. The van der Waals surface area contributed by atoms with Crippen LogP contribution in [0.2, 0.25) is 0 Å². The van der Waals surface area contributed by atoms with Gasteiger partial charge in [0.1, 0.15) is 0 Å². The van der Waals surface area contributed by atoms with Crippen molar-refractivity contribution >= 4 is 39.5 Å². The van der Waals surface area contributed by atoms with Crippen molar-refractivity contribution in [2.75, 3.05) is 0 Å². The molecule has 0 spiro atoms. The van der Waals surface area contributed by atoms with Crippen molar-refractivity contribution in [3.63, 3.8) is 0 Å². The van der Waals surface area contributed by atoms with Crippen molar-refractivity contribution in [1.82, 2.24) is 0 Å². The summed E-state index contributed by atoms with van der Waals surface area (Å²) in [5.41, 5.74) is 0. The first kappa shape index (κ1) is 9.53. The maximum absolute atomic E-state index is 5.03. The van der Waals surface area contributed by atoms with E-state index >= 15 is 0 Å². The molecule has 0 rings (SSSR count). The molecule has 0 saturated heterocycles. The Morgan fingerprint density at radius 3 is 1.75 bits per heavy atom. The van der Waals surface area contributed by atoms with Gasteiger partial charge in [-0.15, -0.1) is 0 Å². The van der Waals surface area contributed by atoms with Gasteiger partial charge in [0.25, 0.3) is 0 Å².